The van der Waals surface area contributed by atoms with Crippen molar-refractivity contribution in [3.8, 4) is 0 Å². The lowest BCUT2D eigenvalue weighted by Gasteiger charge is -2.37. The summed E-state index contributed by atoms with van der Waals surface area (Å²) in [5.74, 6) is -6.03. The summed E-state index contributed by atoms with van der Waals surface area (Å²) in [6, 6.07) is 0. The smallest absolute Gasteiger partial charge is 0.195 e. The zero-order valence-corrected chi connectivity index (χ0v) is 13.9. The number of hydrogen-bond donors (Lipinski definition) is 0. The van der Waals surface area contributed by atoms with Gasteiger partial charge in [0.05, 0.1) is 5.56 Å². The topological polar surface area (TPSA) is 0 Å². The molecule has 0 N–H and O–H groups in total. The Kier molecular flexibility index (Phi) is 4.81. The molecule has 0 aliphatic rings. The zero-order valence-electron chi connectivity index (χ0n) is 13.9. The van der Waals surface area contributed by atoms with Crippen LogP contribution in [0.2, 0.25) is 0 Å². The van der Waals surface area contributed by atoms with Gasteiger partial charge in [0.15, 0.2) is 17.5 Å². The molecule has 0 radical (unpaired) electrons. The number of allylic oxidation sites excluding steroid dienone is 2. The molecule has 1 aromatic carbocycles. The summed E-state index contributed by atoms with van der Waals surface area (Å²) in [6.07, 6.45) is 0. The van der Waals surface area contributed by atoms with Crippen LogP contribution in [-0.2, 0) is 0 Å². The Hall–Kier alpha value is -1.39. The molecule has 0 heterocycles. The fraction of sp³-hybridized carbons (Fsp3) is 0.529. The van der Waals surface area contributed by atoms with E-state index in [1.807, 2.05) is 0 Å². The fourth-order valence-corrected chi connectivity index (χ4v) is 2.18. The molecule has 0 unspecified atom stereocenters. The van der Waals surface area contributed by atoms with Crippen molar-refractivity contribution in [1.29, 1.82) is 0 Å². The first-order valence-corrected chi connectivity index (χ1v) is 6.94. The zero-order chi connectivity index (χ0) is 17.6. The number of rotatable bonds is 3. The van der Waals surface area contributed by atoms with Crippen LogP contribution >= 0.6 is 0 Å². The minimum atomic E-state index is -1.72. The molecule has 0 spiro atoms. The SMILES string of the molecule is C/C(=C(\C)C(C)(C)C(C)(C)F)c1c(F)c(C)c(F)c(F)c1F. The maximum absolute atomic E-state index is 14.4. The highest BCUT2D eigenvalue weighted by atomic mass is 19.2. The van der Waals surface area contributed by atoms with E-state index in [9.17, 15) is 22.0 Å². The Balaban J connectivity index is 3.73. The number of hydrogen-bond acceptors (Lipinski definition) is 0. The second kappa shape index (κ2) is 5.67. The number of halogens is 5. The summed E-state index contributed by atoms with van der Waals surface area (Å²) < 4.78 is 69.6. The molecule has 0 aromatic heterocycles. The fourth-order valence-electron chi connectivity index (χ4n) is 2.18. The lowest BCUT2D eigenvalue weighted by Crippen LogP contribution is -2.36. The number of benzene rings is 1. The van der Waals surface area contributed by atoms with Crippen LogP contribution in [0.25, 0.3) is 5.57 Å². The minimum Gasteiger partial charge on any atom is -0.244 e. The maximum Gasteiger partial charge on any atom is 0.195 e. The van der Waals surface area contributed by atoms with Gasteiger partial charge in [-0.25, -0.2) is 22.0 Å². The van der Waals surface area contributed by atoms with Gasteiger partial charge in [-0.3, -0.25) is 0 Å². The van der Waals surface area contributed by atoms with E-state index < -0.39 is 45.5 Å². The minimum absolute atomic E-state index is 0.0627. The van der Waals surface area contributed by atoms with E-state index in [0.717, 1.165) is 6.92 Å². The Bertz CT molecular complexity index is 604. The normalized spacial score (nSPS) is 14.2. The molecule has 0 fully saturated rings. The summed E-state index contributed by atoms with van der Waals surface area (Å²) in [5, 5.41) is 0. The van der Waals surface area contributed by atoms with Crippen LogP contribution in [0.5, 0.6) is 0 Å². The van der Waals surface area contributed by atoms with Crippen LogP contribution in [0.3, 0.4) is 0 Å². The van der Waals surface area contributed by atoms with Gasteiger partial charge in [-0.15, -0.1) is 0 Å². The van der Waals surface area contributed by atoms with Crippen molar-refractivity contribution >= 4 is 5.57 Å². The summed E-state index contributed by atoms with van der Waals surface area (Å²) in [4.78, 5) is 0. The standard InChI is InChI=1S/C17H21F5/c1-8(10(3)16(4,5)17(6,7)22)11-12(18)9(2)13(19)15(21)14(11)20/h1-7H3/b10-8-. The lowest BCUT2D eigenvalue weighted by molar-refractivity contribution is 0.0828. The maximum atomic E-state index is 14.4. The summed E-state index contributed by atoms with van der Waals surface area (Å²) >= 11 is 0. The molecule has 0 aliphatic carbocycles. The van der Waals surface area contributed by atoms with E-state index >= 15 is 0 Å². The van der Waals surface area contributed by atoms with Crippen LogP contribution in [-0.4, -0.2) is 5.67 Å². The van der Waals surface area contributed by atoms with E-state index in [-0.39, 0.29) is 5.57 Å². The molecule has 0 nitrogen and oxygen atoms in total. The van der Waals surface area contributed by atoms with Gasteiger partial charge in [0.25, 0.3) is 0 Å². The third-order valence-corrected chi connectivity index (χ3v) is 4.84. The van der Waals surface area contributed by atoms with Gasteiger partial charge in [-0.1, -0.05) is 19.4 Å². The molecular formula is C17H21F5. The first kappa shape index (κ1) is 18.7. The molecule has 0 saturated heterocycles. The van der Waals surface area contributed by atoms with Gasteiger partial charge in [0.2, 0.25) is 0 Å². The van der Waals surface area contributed by atoms with Crippen molar-refractivity contribution in [2.45, 2.75) is 54.1 Å². The quantitative estimate of drug-likeness (QED) is 0.357. The average molecular weight is 320 g/mol. The summed E-state index contributed by atoms with van der Waals surface area (Å²) in [5.41, 5.74) is -3.53. The van der Waals surface area contributed by atoms with Crippen LogP contribution in [0.15, 0.2) is 5.57 Å². The molecule has 1 aromatic rings. The van der Waals surface area contributed by atoms with Crippen molar-refractivity contribution in [2.75, 3.05) is 0 Å². The largest absolute Gasteiger partial charge is 0.244 e. The van der Waals surface area contributed by atoms with E-state index in [4.69, 9.17) is 0 Å². The molecule has 0 saturated carbocycles. The molecule has 1 rings (SSSR count). The molecule has 5 heteroatoms. The van der Waals surface area contributed by atoms with Gasteiger partial charge in [-0.05, 0) is 40.2 Å². The van der Waals surface area contributed by atoms with Gasteiger partial charge in [0, 0.05) is 11.0 Å². The number of alkyl halides is 1. The van der Waals surface area contributed by atoms with Crippen LogP contribution in [0, 0.1) is 35.6 Å². The molecular weight excluding hydrogens is 299 g/mol. The van der Waals surface area contributed by atoms with Crippen LogP contribution in [0.1, 0.15) is 52.7 Å². The Morgan fingerprint density at radius 2 is 1.23 bits per heavy atom. The van der Waals surface area contributed by atoms with Gasteiger partial charge >= 0.3 is 0 Å². The van der Waals surface area contributed by atoms with E-state index in [2.05, 4.69) is 0 Å². The van der Waals surface area contributed by atoms with Crippen molar-refractivity contribution in [3.05, 3.63) is 40.0 Å². The highest BCUT2D eigenvalue weighted by Gasteiger charge is 2.40. The predicted octanol–water partition coefficient (Wildman–Crippen LogP) is 6.12. The second-order valence-corrected chi connectivity index (χ2v) is 6.60. The highest BCUT2D eigenvalue weighted by Crippen LogP contribution is 2.44. The first-order valence-electron chi connectivity index (χ1n) is 6.94. The lowest BCUT2D eigenvalue weighted by atomic mass is 9.71. The molecule has 22 heavy (non-hydrogen) atoms. The monoisotopic (exact) mass is 320 g/mol. The van der Waals surface area contributed by atoms with Gasteiger partial charge in [-0.2, -0.15) is 0 Å². The molecule has 0 amide bonds. The Morgan fingerprint density at radius 3 is 1.64 bits per heavy atom. The van der Waals surface area contributed by atoms with Crippen molar-refractivity contribution in [3.63, 3.8) is 0 Å². The predicted molar refractivity (Wildman–Crippen MR) is 78.2 cm³/mol. The van der Waals surface area contributed by atoms with Crippen LogP contribution < -0.4 is 0 Å². The molecule has 0 bridgehead atoms. The third-order valence-electron chi connectivity index (χ3n) is 4.84. The summed E-state index contributed by atoms with van der Waals surface area (Å²) in [6.45, 7) is 9.83. The third kappa shape index (κ3) is 2.77. The van der Waals surface area contributed by atoms with Crippen molar-refractivity contribution in [1.82, 2.24) is 0 Å². The Labute approximate surface area is 128 Å². The van der Waals surface area contributed by atoms with Gasteiger partial charge < -0.3 is 0 Å². The van der Waals surface area contributed by atoms with Crippen molar-refractivity contribution in [2.24, 2.45) is 5.41 Å². The van der Waals surface area contributed by atoms with E-state index in [0.29, 0.717) is 5.57 Å². The van der Waals surface area contributed by atoms with E-state index in [1.54, 1.807) is 13.8 Å². The molecule has 124 valence electrons. The van der Waals surface area contributed by atoms with E-state index in [1.165, 1.54) is 27.7 Å². The van der Waals surface area contributed by atoms with Crippen molar-refractivity contribution < 1.29 is 22.0 Å². The second-order valence-electron chi connectivity index (χ2n) is 6.60. The average Bonchev–Trinajstić information content (AvgIpc) is 2.40. The summed E-state index contributed by atoms with van der Waals surface area (Å²) in [7, 11) is 0. The Morgan fingerprint density at radius 1 is 0.773 bits per heavy atom. The van der Waals surface area contributed by atoms with Gasteiger partial charge in [0.1, 0.15) is 11.5 Å². The molecule has 0 aliphatic heterocycles. The molecule has 0 atom stereocenters. The highest BCUT2D eigenvalue weighted by molar-refractivity contribution is 5.69. The first-order chi connectivity index (χ1) is 9.75. The van der Waals surface area contributed by atoms with Crippen LogP contribution in [0.4, 0.5) is 22.0 Å².